The number of hydrogen-bond acceptors (Lipinski definition) is 3. The number of thioether (sulfide) groups is 1. The van der Waals surface area contributed by atoms with E-state index in [1.54, 1.807) is 30.1 Å². The summed E-state index contributed by atoms with van der Waals surface area (Å²) in [6.07, 6.45) is 2.69. The minimum atomic E-state index is 0.618. The van der Waals surface area contributed by atoms with Crippen LogP contribution in [0.3, 0.4) is 0 Å². The Hall–Kier alpha value is -2.33. The Kier molecular flexibility index (Phi) is 4.93. The smallest absolute Gasteiger partial charge is 0.216 e. The fourth-order valence-electron chi connectivity index (χ4n) is 2.30. The third-order valence-corrected chi connectivity index (χ3v) is 4.64. The molecule has 0 aliphatic rings. The lowest BCUT2D eigenvalue weighted by Crippen LogP contribution is -2.02. The predicted molar refractivity (Wildman–Crippen MR) is 97.7 cm³/mol. The SMILES string of the molecule is CCCSc1nc2ccccc2cc1/C=[N+](\[O-])c1ccccc1. The standard InChI is InChI=1S/C19H18N2OS/c1-2-12-23-19-16(13-15-8-6-7-11-18(15)20-19)14-21(22)17-9-4-3-5-10-17/h3-11,13-14H,2,12H2,1H3/b21-14-. The quantitative estimate of drug-likeness (QED) is 0.218. The second-order valence-corrected chi connectivity index (χ2v) is 6.30. The minimum Gasteiger partial charge on any atom is -0.618 e. The van der Waals surface area contributed by atoms with E-state index < -0.39 is 0 Å². The fraction of sp³-hybridized carbons (Fsp3) is 0.158. The van der Waals surface area contributed by atoms with Crippen LogP contribution in [0.25, 0.3) is 10.9 Å². The van der Waals surface area contributed by atoms with Crippen LogP contribution in [0.1, 0.15) is 18.9 Å². The molecule has 116 valence electrons. The second kappa shape index (κ2) is 7.29. The van der Waals surface area contributed by atoms with Gasteiger partial charge in [-0.25, -0.2) is 4.98 Å². The van der Waals surface area contributed by atoms with Crippen molar-refractivity contribution >= 4 is 34.6 Å². The number of rotatable bonds is 5. The second-order valence-electron chi connectivity index (χ2n) is 5.21. The Morgan fingerprint density at radius 2 is 1.83 bits per heavy atom. The van der Waals surface area contributed by atoms with E-state index in [1.165, 1.54) is 0 Å². The van der Waals surface area contributed by atoms with Gasteiger partial charge in [-0.3, -0.25) is 0 Å². The van der Waals surface area contributed by atoms with Gasteiger partial charge in [0.05, 0.1) is 11.1 Å². The van der Waals surface area contributed by atoms with Gasteiger partial charge >= 0.3 is 0 Å². The highest BCUT2D eigenvalue weighted by Gasteiger charge is 2.10. The molecule has 0 spiro atoms. The van der Waals surface area contributed by atoms with E-state index in [1.807, 2.05) is 48.5 Å². The largest absolute Gasteiger partial charge is 0.618 e. The summed E-state index contributed by atoms with van der Waals surface area (Å²) in [6, 6.07) is 19.3. The van der Waals surface area contributed by atoms with Gasteiger partial charge in [0, 0.05) is 17.5 Å². The van der Waals surface area contributed by atoms with Gasteiger partial charge in [-0.2, -0.15) is 4.74 Å². The van der Waals surface area contributed by atoms with Crippen molar-refractivity contribution in [2.45, 2.75) is 18.4 Å². The highest BCUT2D eigenvalue weighted by molar-refractivity contribution is 7.99. The number of pyridine rings is 1. The highest BCUT2D eigenvalue weighted by Crippen LogP contribution is 2.25. The zero-order valence-corrected chi connectivity index (χ0v) is 13.8. The number of benzene rings is 2. The molecule has 2 aromatic carbocycles. The van der Waals surface area contributed by atoms with Gasteiger partial charge < -0.3 is 5.21 Å². The first-order valence-electron chi connectivity index (χ1n) is 7.67. The first-order valence-corrected chi connectivity index (χ1v) is 8.65. The molecule has 1 heterocycles. The van der Waals surface area contributed by atoms with Crippen LogP contribution in [0.4, 0.5) is 5.69 Å². The molecule has 0 radical (unpaired) electrons. The van der Waals surface area contributed by atoms with Crippen molar-refractivity contribution in [3.05, 3.63) is 71.4 Å². The van der Waals surface area contributed by atoms with Crippen molar-refractivity contribution in [1.82, 2.24) is 4.98 Å². The molecule has 0 atom stereocenters. The monoisotopic (exact) mass is 322 g/mol. The van der Waals surface area contributed by atoms with Crippen molar-refractivity contribution in [2.24, 2.45) is 0 Å². The van der Waals surface area contributed by atoms with Crippen molar-refractivity contribution < 1.29 is 4.74 Å². The lowest BCUT2D eigenvalue weighted by molar-refractivity contribution is -0.354. The zero-order chi connectivity index (χ0) is 16.1. The summed E-state index contributed by atoms with van der Waals surface area (Å²) in [4.78, 5) is 4.73. The van der Waals surface area contributed by atoms with Crippen LogP contribution in [0.2, 0.25) is 0 Å². The van der Waals surface area contributed by atoms with Crippen molar-refractivity contribution in [3.8, 4) is 0 Å². The van der Waals surface area contributed by atoms with Gasteiger partial charge in [0.1, 0.15) is 5.03 Å². The van der Waals surface area contributed by atoms with Gasteiger partial charge in [-0.1, -0.05) is 43.3 Å². The summed E-state index contributed by atoms with van der Waals surface area (Å²) in [5.41, 5.74) is 2.44. The van der Waals surface area contributed by atoms with Crippen molar-refractivity contribution in [3.63, 3.8) is 0 Å². The molecule has 23 heavy (non-hydrogen) atoms. The molecule has 0 amide bonds. The number of hydrogen-bond donors (Lipinski definition) is 0. The average molecular weight is 322 g/mol. The average Bonchev–Trinajstić information content (AvgIpc) is 2.60. The first-order chi connectivity index (χ1) is 11.3. The summed E-state index contributed by atoms with van der Waals surface area (Å²) in [5.74, 6) is 0.983. The lowest BCUT2D eigenvalue weighted by Gasteiger charge is -2.08. The van der Waals surface area contributed by atoms with E-state index in [4.69, 9.17) is 4.98 Å². The molecule has 0 saturated heterocycles. The van der Waals surface area contributed by atoms with Crippen LogP contribution < -0.4 is 0 Å². The number of para-hydroxylation sites is 2. The van der Waals surface area contributed by atoms with Crippen LogP contribution in [-0.4, -0.2) is 21.7 Å². The summed E-state index contributed by atoms with van der Waals surface area (Å²) in [7, 11) is 0. The molecule has 0 bridgehead atoms. The molecular weight excluding hydrogens is 304 g/mol. The predicted octanol–water partition coefficient (Wildman–Crippen LogP) is 5.00. The number of nitrogens with zero attached hydrogens (tertiary/aromatic N) is 2. The molecule has 4 heteroatoms. The molecule has 3 rings (SSSR count). The molecule has 3 nitrogen and oxygen atoms in total. The van der Waals surface area contributed by atoms with E-state index >= 15 is 0 Å². The van der Waals surface area contributed by atoms with Gasteiger partial charge in [-0.15, -0.1) is 11.8 Å². The Labute approximate surface area is 140 Å². The summed E-state index contributed by atoms with van der Waals surface area (Å²) in [5, 5.41) is 14.3. The topological polar surface area (TPSA) is 39.0 Å². The number of fused-ring (bicyclic) bond motifs is 1. The van der Waals surface area contributed by atoms with E-state index in [0.717, 1.165) is 38.4 Å². The van der Waals surface area contributed by atoms with Gasteiger partial charge in [-0.05, 0) is 24.3 Å². The molecule has 0 unspecified atom stereocenters. The molecule has 0 aliphatic carbocycles. The van der Waals surface area contributed by atoms with E-state index in [2.05, 4.69) is 6.92 Å². The van der Waals surface area contributed by atoms with E-state index in [9.17, 15) is 5.21 Å². The van der Waals surface area contributed by atoms with Crippen molar-refractivity contribution in [1.29, 1.82) is 0 Å². The maximum absolute atomic E-state index is 12.4. The molecule has 0 fully saturated rings. The minimum absolute atomic E-state index is 0.618. The number of aromatic nitrogens is 1. The fourth-order valence-corrected chi connectivity index (χ4v) is 3.14. The Balaban J connectivity index is 2.06. The third-order valence-electron chi connectivity index (χ3n) is 3.43. The Morgan fingerprint density at radius 1 is 1.09 bits per heavy atom. The Bertz CT molecular complexity index is 831. The molecule has 3 aromatic rings. The first kappa shape index (κ1) is 15.6. The molecule has 0 saturated carbocycles. The molecule has 1 aromatic heterocycles. The maximum atomic E-state index is 12.4. The van der Waals surface area contributed by atoms with Gasteiger partial charge in [0.25, 0.3) is 0 Å². The highest BCUT2D eigenvalue weighted by atomic mass is 32.2. The van der Waals surface area contributed by atoms with Crippen LogP contribution in [0.5, 0.6) is 0 Å². The van der Waals surface area contributed by atoms with Crippen LogP contribution in [0, 0.1) is 5.21 Å². The molecular formula is C19H18N2OS. The molecule has 0 aliphatic heterocycles. The van der Waals surface area contributed by atoms with E-state index in [-0.39, 0.29) is 0 Å². The van der Waals surface area contributed by atoms with Crippen LogP contribution in [0.15, 0.2) is 65.7 Å². The van der Waals surface area contributed by atoms with Gasteiger partial charge in [0.15, 0.2) is 6.21 Å². The summed E-state index contributed by atoms with van der Waals surface area (Å²) < 4.78 is 0.905. The lowest BCUT2D eigenvalue weighted by atomic mass is 10.2. The third kappa shape index (κ3) is 3.71. The summed E-state index contributed by atoms with van der Waals surface area (Å²) >= 11 is 1.69. The van der Waals surface area contributed by atoms with Crippen molar-refractivity contribution in [2.75, 3.05) is 5.75 Å². The van der Waals surface area contributed by atoms with Gasteiger partial charge in [0.2, 0.25) is 5.69 Å². The zero-order valence-electron chi connectivity index (χ0n) is 13.0. The maximum Gasteiger partial charge on any atom is 0.216 e. The Morgan fingerprint density at radius 3 is 2.61 bits per heavy atom. The molecule has 0 N–H and O–H groups in total. The van der Waals surface area contributed by atoms with E-state index in [0.29, 0.717) is 5.69 Å². The van der Waals surface area contributed by atoms with Crippen LogP contribution >= 0.6 is 11.8 Å². The summed E-state index contributed by atoms with van der Waals surface area (Å²) in [6.45, 7) is 2.14. The van der Waals surface area contributed by atoms with Crippen LogP contribution in [-0.2, 0) is 0 Å². The normalized spacial score (nSPS) is 11.8.